The molecule has 0 saturated carbocycles. The summed E-state index contributed by atoms with van der Waals surface area (Å²) in [5.74, 6) is -0.783. The summed E-state index contributed by atoms with van der Waals surface area (Å²) in [6.45, 7) is 3.86. The van der Waals surface area contributed by atoms with E-state index in [9.17, 15) is 9.59 Å². The molecule has 1 fully saturated rings. The topological polar surface area (TPSA) is 58.2 Å². The fourth-order valence-electron chi connectivity index (χ4n) is 2.73. The number of amides is 2. The summed E-state index contributed by atoms with van der Waals surface area (Å²) in [4.78, 5) is 24.8. The molecule has 1 aliphatic rings. The van der Waals surface area contributed by atoms with Crippen LogP contribution in [-0.2, 0) is 0 Å². The summed E-state index contributed by atoms with van der Waals surface area (Å²) in [5, 5.41) is 6.51. The predicted octanol–water partition coefficient (Wildman–Crippen LogP) is 4.36. The lowest BCUT2D eigenvalue weighted by Crippen LogP contribution is -2.50. The van der Waals surface area contributed by atoms with Gasteiger partial charge < -0.3 is 10.6 Å². The third-order valence-corrected chi connectivity index (χ3v) is 4.41. The predicted molar refractivity (Wildman–Crippen MR) is 94.3 cm³/mol. The van der Waals surface area contributed by atoms with E-state index in [1.54, 1.807) is 48.5 Å². The van der Waals surface area contributed by atoms with Gasteiger partial charge in [0.05, 0.1) is 12.0 Å². The molecule has 24 heavy (non-hydrogen) atoms. The molecular weight excluding hydrogens is 347 g/mol. The van der Waals surface area contributed by atoms with Gasteiger partial charge in [-0.25, -0.2) is 4.79 Å². The van der Waals surface area contributed by atoms with Gasteiger partial charge in [-0.3, -0.25) is 4.79 Å². The van der Waals surface area contributed by atoms with Gasteiger partial charge in [0.2, 0.25) is 0 Å². The van der Waals surface area contributed by atoms with Crippen molar-refractivity contribution < 1.29 is 9.59 Å². The summed E-state index contributed by atoms with van der Waals surface area (Å²) in [6, 6.07) is 12.7. The van der Waals surface area contributed by atoms with Crippen molar-refractivity contribution in [1.29, 1.82) is 0 Å². The number of hydrogen-bond donors (Lipinski definition) is 2. The molecule has 1 saturated heterocycles. The average molecular weight is 361 g/mol. The highest BCUT2D eigenvalue weighted by Gasteiger charge is 2.37. The van der Waals surface area contributed by atoms with Gasteiger partial charge in [-0.1, -0.05) is 41.9 Å². The molecule has 0 unspecified atom stereocenters. The number of rotatable bonds is 3. The molecule has 6 heteroatoms. The van der Waals surface area contributed by atoms with Crippen LogP contribution in [0.4, 0.5) is 4.79 Å². The van der Waals surface area contributed by atoms with Crippen LogP contribution < -0.4 is 10.6 Å². The Hall–Kier alpha value is -2.30. The number of carbonyl (C=O) groups is 2. The quantitative estimate of drug-likeness (QED) is 0.798. The first-order valence-electron chi connectivity index (χ1n) is 7.27. The Morgan fingerprint density at radius 3 is 2.08 bits per heavy atom. The first kappa shape index (κ1) is 16.6. The maximum Gasteiger partial charge on any atom is 0.319 e. The molecule has 1 heterocycles. The van der Waals surface area contributed by atoms with Crippen molar-refractivity contribution in [3.05, 3.63) is 82.0 Å². The van der Waals surface area contributed by atoms with E-state index in [0.717, 1.165) is 5.56 Å². The Morgan fingerprint density at radius 2 is 1.50 bits per heavy atom. The minimum Gasteiger partial charge on any atom is -0.330 e. The molecule has 2 N–H and O–H groups in total. The fourth-order valence-corrected chi connectivity index (χ4v) is 2.99. The SMILES string of the molecule is C=C1NC(=O)N[C@@H](c2ccc(Cl)cc2)[C@@H]1C(=O)c1ccc(Cl)cc1. The van der Waals surface area contributed by atoms with Gasteiger partial charge in [0, 0.05) is 21.3 Å². The van der Waals surface area contributed by atoms with Gasteiger partial charge in [-0.2, -0.15) is 0 Å². The Morgan fingerprint density at radius 1 is 0.958 bits per heavy atom. The standard InChI is InChI=1S/C18H14Cl2N2O2/c1-10-15(17(23)12-4-8-14(20)9-5-12)16(22-18(24)21-10)11-2-6-13(19)7-3-11/h2-9,15-16H,1H2,(H2,21,22,24)/t15-,16+/m1/s1. The van der Waals surface area contributed by atoms with E-state index in [0.29, 0.717) is 21.3 Å². The molecular formula is C18H14Cl2N2O2. The van der Waals surface area contributed by atoms with Gasteiger partial charge >= 0.3 is 6.03 Å². The number of halogens is 2. The molecule has 2 amide bonds. The van der Waals surface area contributed by atoms with Crippen LogP contribution in [0.3, 0.4) is 0 Å². The number of ketones is 1. The smallest absolute Gasteiger partial charge is 0.319 e. The molecule has 0 spiro atoms. The number of nitrogens with one attached hydrogen (secondary N) is 2. The third kappa shape index (κ3) is 3.30. The van der Waals surface area contributed by atoms with E-state index in [4.69, 9.17) is 23.2 Å². The summed E-state index contributed by atoms with van der Waals surface area (Å²) < 4.78 is 0. The maximum absolute atomic E-state index is 13.0. The van der Waals surface area contributed by atoms with Crippen molar-refractivity contribution >= 4 is 35.0 Å². The highest BCUT2D eigenvalue weighted by Crippen LogP contribution is 2.32. The Bertz CT molecular complexity index is 801. The molecule has 0 aliphatic carbocycles. The monoisotopic (exact) mass is 360 g/mol. The molecule has 122 valence electrons. The fraction of sp³-hybridized carbons (Fsp3) is 0.111. The highest BCUT2D eigenvalue weighted by atomic mass is 35.5. The van der Waals surface area contributed by atoms with E-state index in [2.05, 4.69) is 17.2 Å². The molecule has 2 aromatic rings. The minimum absolute atomic E-state index is 0.149. The maximum atomic E-state index is 13.0. The molecule has 2 aromatic carbocycles. The number of urea groups is 1. The minimum atomic E-state index is -0.634. The van der Waals surface area contributed by atoms with Gasteiger partial charge in [0.25, 0.3) is 0 Å². The van der Waals surface area contributed by atoms with Crippen molar-refractivity contribution in [3.63, 3.8) is 0 Å². The normalized spacial score (nSPS) is 20.2. The second kappa shape index (κ2) is 6.67. The van der Waals surface area contributed by atoms with Gasteiger partial charge in [0.1, 0.15) is 0 Å². The molecule has 1 aliphatic heterocycles. The summed E-state index contributed by atoms with van der Waals surface area (Å²) in [5.41, 5.74) is 1.64. The lowest BCUT2D eigenvalue weighted by Gasteiger charge is -2.34. The van der Waals surface area contributed by atoms with Gasteiger partial charge in [0.15, 0.2) is 5.78 Å². The van der Waals surface area contributed by atoms with Crippen LogP contribution in [0.2, 0.25) is 10.0 Å². The van der Waals surface area contributed by atoms with E-state index in [1.165, 1.54) is 0 Å². The lowest BCUT2D eigenvalue weighted by molar-refractivity contribution is 0.0905. The van der Waals surface area contributed by atoms with Crippen molar-refractivity contribution in [2.24, 2.45) is 5.92 Å². The number of benzene rings is 2. The molecule has 0 aromatic heterocycles. The summed E-state index contributed by atoms with van der Waals surface area (Å²) in [6.07, 6.45) is 0. The van der Waals surface area contributed by atoms with E-state index >= 15 is 0 Å². The van der Waals surface area contributed by atoms with E-state index in [1.807, 2.05) is 0 Å². The summed E-state index contributed by atoms with van der Waals surface area (Å²) >= 11 is 11.8. The van der Waals surface area contributed by atoms with Gasteiger partial charge in [-0.15, -0.1) is 0 Å². The number of carbonyl (C=O) groups excluding carboxylic acids is 2. The van der Waals surface area contributed by atoms with E-state index in [-0.39, 0.29) is 11.8 Å². The zero-order valence-corrected chi connectivity index (χ0v) is 14.1. The second-order valence-corrected chi connectivity index (χ2v) is 6.37. The van der Waals surface area contributed by atoms with Crippen molar-refractivity contribution in [2.45, 2.75) is 6.04 Å². The van der Waals surface area contributed by atoms with Crippen molar-refractivity contribution in [2.75, 3.05) is 0 Å². The van der Waals surface area contributed by atoms with Crippen molar-refractivity contribution in [3.8, 4) is 0 Å². The van der Waals surface area contributed by atoms with E-state index < -0.39 is 12.0 Å². The Labute approximate surface area is 149 Å². The van der Waals surface area contributed by atoms with Crippen LogP contribution >= 0.6 is 23.2 Å². The third-order valence-electron chi connectivity index (χ3n) is 3.91. The molecule has 0 radical (unpaired) electrons. The Kier molecular flexibility index (Phi) is 4.60. The number of hydrogen-bond acceptors (Lipinski definition) is 2. The van der Waals surface area contributed by atoms with Crippen LogP contribution in [-0.4, -0.2) is 11.8 Å². The molecule has 2 atom stereocenters. The molecule has 3 rings (SSSR count). The van der Waals surface area contributed by atoms with Crippen LogP contribution in [0, 0.1) is 5.92 Å². The first-order valence-corrected chi connectivity index (χ1v) is 8.03. The molecule has 0 bridgehead atoms. The van der Waals surface area contributed by atoms with Crippen LogP contribution in [0.25, 0.3) is 0 Å². The zero-order chi connectivity index (χ0) is 17.3. The summed E-state index contributed by atoms with van der Waals surface area (Å²) in [7, 11) is 0. The second-order valence-electron chi connectivity index (χ2n) is 5.50. The number of Topliss-reactive ketones (excluding diaryl/α,β-unsaturated/α-hetero) is 1. The largest absolute Gasteiger partial charge is 0.330 e. The van der Waals surface area contributed by atoms with Gasteiger partial charge in [-0.05, 0) is 42.0 Å². The van der Waals surface area contributed by atoms with Crippen LogP contribution in [0.5, 0.6) is 0 Å². The first-order chi connectivity index (χ1) is 11.5. The Balaban J connectivity index is 1.98. The zero-order valence-electron chi connectivity index (χ0n) is 12.6. The average Bonchev–Trinajstić information content (AvgIpc) is 2.55. The molecule has 4 nitrogen and oxygen atoms in total. The highest BCUT2D eigenvalue weighted by molar-refractivity contribution is 6.30. The van der Waals surface area contributed by atoms with Crippen LogP contribution in [0.1, 0.15) is 22.0 Å². The lowest BCUT2D eigenvalue weighted by atomic mass is 9.83. The van der Waals surface area contributed by atoms with Crippen LogP contribution in [0.15, 0.2) is 60.8 Å². The van der Waals surface area contributed by atoms with Crippen molar-refractivity contribution in [1.82, 2.24) is 10.6 Å².